The third-order valence-corrected chi connectivity index (χ3v) is 1.11. The molecule has 1 heterocycles. The number of nitrogens with one attached hydrogen (secondary N) is 1. The first-order valence-corrected chi connectivity index (χ1v) is 2.72. The monoisotopic (exact) mass is 110 g/mol. The third kappa shape index (κ3) is 1.09. The van der Waals surface area contributed by atoms with Crippen molar-refractivity contribution >= 4 is 5.71 Å². The molecule has 1 N–H and O–H groups in total. The zero-order chi connectivity index (χ0) is 5.98. The van der Waals surface area contributed by atoms with Gasteiger partial charge >= 0.3 is 0 Å². The van der Waals surface area contributed by atoms with Gasteiger partial charge in [0.2, 0.25) is 0 Å². The summed E-state index contributed by atoms with van der Waals surface area (Å²) < 4.78 is 0. The van der Waals surface area contributed by atoms with E-state index in [0.29, 0.717) is 0 Å². The molecule has 0 unspecified atom stereocenters. The van der Waals surface area contributed by atoms with Crippen LogP contribution in [-0.2, 0) is 0 Å². The summed E-state index contributed by atoms with van der Waals surface area (Å²) in [6.07, 6.45) is 2.03. The Morgan fingerprint density at radius 3 is 2.75 bits per heavy atom. The van der Waals surface area contributed by atoms with Crippen LogP contribution in [0.25, 0.3) is 0 Å². The summed E-state index contributed by atoms with van der Waals surface area (Å²) in [5.41, 5.74) is 2.32. The van der Waals surface area contributed by atoms with Crippen molar-refractivity contribution in [3.63, 3.8) is 0 Å². The van der Waals surface area contributed by atoms with Crippen molar-refractivity contribution in [2.24, 2.45) is 4.99 Å². The molecule has 1 rings (SSSR count). The number of allylic oxidation sites excluding steroid dienone is 2. The Morgan fingerprint density at radius 2 is 2.38 bits per heavy atom. The zero-order valence-corrected chi connectivity index (χ0v) is 5.23. The van der Waals surface area contributed by atoms with Crippen LogP contribution in [0.1, 0.15) is 13.8 Å². The maximum atomic E-state index is 4.11. The second kappa shape index (κ2) is 1.99. The van der Waals surface area contributed by atoms with Crippen LogP contribution in [0.4, 0.5) is 0 Å². The van der Waals surface area contributed by atoms with E-state index < -0.39 is 0 Å². The maximum absolute atomic E-state index is 4.11. The van der Waals surface area contributed by atoms with Crippen molar-refractivity contribution in [3.8, 4) is 0 Å². The van der Waals surface area contributed by atoms with Crippen LogP contribution < -0.4 is 5.32 Å². The lowest BCUT2D eigenvalue weighted by atomic mass is 10.3. The van der Waals surface area contributed by atoms with Gasteiger partial charge in [0.25, 0.3) is 0 Å². The lowest BCUT2D eigenvalue weighted by Crippen LogP contribution is -2.16. The highest BCUT2D eigenvalue weighted by Crippen LogP contribution is 1.93. The molecule has 0 radical (unpaired) electrons. The minimum atomic E-state index is 0.744. The molecule has 0 spiro atoms. The summed E-state index contributed by atoms with van der Waals surface area (Å²) in [4.78, 5) is 4.11. The molecule has 8 heavy (non-hydrogen) atoms. The van der Waals surface area contributed by atoms with E-state index in [9.17, 15) is 0 Å². The highest BCUT2D eigenvalue weighted by atomic mass is 15.0. The fraction of sp³-hybridized carbons (Fsp3) is 0.500. The van der Waals surface area contributed by atoms with Crippen molar-refractivity contribution < 1.29 is 0 Å². The molecule has 1 aliphatic heterocycles. The molecule has 0 aromatic heterocycles. The van der Waals surface area contributed by atoms with Crippen molar-refractivity contribution in [2.75, 3.05) is 6.67 Å². The van der Waals surface area contributed by atoms with E-state index in [1.165, 1.54) is 5.70 Å². The maximum Gasteiger partial charge on any atom is 0.107 e. The number of nitrogens with zero attached hydrogens (tertiary/aromatic N) is 1. The molecule has 2 heteroatoms. The fourth-order valence-electron chi connectivity index (χ4n) is 0.699. The molecular weight excluding hydrogens is 100 g/mol. The lowest BCUT2D eigenvalue weighted by molar-refractivity contribution is 0.815. The normalized spacial score (nSPS) is 18.8. The first kappa shape index (κ1) is 5.35. The number of aliphatic imine (C=N–C) groups is 1. The highest BCUT2D eigenvalue weighted by Gasteiger charge is 1.93. The molecule has 0 aromatic rings. The van der Waals surface area contributed by atoms with Gasteiger partial charge in [0, 0.05) is 11.4 Å². The quantitative estimate of drug-likeness (QED) is 0.492. The van der Waals surface area contributed by atoms with Crippen LogP contribution in [0.2, 0.25) is 0 Å². The number of rotatable bonds is 0. The first-order valence-electron chi connectivity index (χ1n) is 2.72. The van der Waals surface area contributed by atoms with Gasteiger partial charge in [-0.2, -0.15) is 0 Å². The van der Waals surface area contributed by atoms with Crippen LogP contribution in [0.15, 0.2) is 16.8 Å². The number of hydrogen-bond donors (Lipinski definition) is 1. The van der Waals surface area contributed by atoms with E-state index in [1.54, 1.807) is 0 Å². The Hall–Kier alpha value is -0.790. The van der Waals surface area contributed by atoms with E-state index in [-0.39, 0.29) is 0 Å². The molecule has 0 atom stereocenters. The smallest absolute Gasteiger partial charge is 0.107 e. The van der Waals surface area contributed by atoms with E-state index in [1.807, 2.05) is 19.9 Å². The first-order chi connectivity index (χ1) is 3.79. The molecule has 2 nitrogen and oxygen atoms in total. The highest BCUT2D eigenvalue weighted by molar-refractivity contribution is 5.93. The Morgan fingerprint density at radius 1 is 1.62 bits per heavy atom. The third-order valence-electron chi connectivity index (χ3n) is 1.11. The second-order valence-corrected chi connectivity index (χ2v) is 1.96. The molecule has 44 valence electrons. The summed E-state index contributed by atoms with van der Waals surface area (Å²) in [5.74, 6) is 0. The summed E-state index contributed by atoms with van der Waals surface area (Å²) >= 11 is 0. The number of hydrogen-bond acceptors (Lipinski definition) is 2. The van der Waals surface area contributed by atoms with Crippen LogP contribution in [-0.4, -0.2) is 12.4 Å². The van der Waals surface area contributed by atoms with Gasteiger partial charge in [0.05, 0.1) is 0 Å². The Kier molecular flexibility index (Phi) is 1.33. The van der Waals surface area contributed by atoms with E-state index >= 15 is 0 Å². The zero-order valence-electron chi connectivity index (χ0n) is 5.23. The van der Waals surface area contributed by atoms with Crippen LogP contribution >= 0.6 is 0 Å². The molecule has 1 aliphatic rings. The van der Waals surface area contributed by atoms with Gasteiger partial charge in [-0.1, -0.05) is 0 Å². The molecule has 0 amide bonds. The van der Waals surface area contributed by atoms with Gasteiger partial charge in [0.1, 0.15) is 6.67 Å². The van der Waals surface area contributed by atoms with Crippen molar-refractivity contribution in [2.45, 2.75) is 13.8 Å². The minimum Gasteiger partial charge on any atom is -0.370 e. The largest absolute Gasteiger partial charge is 0.370 e. The van der Waals surface area contributed by atoms with Crippen LogP contribution in [0.3, 0.4) is 0 Å². The molecule has 0 fully saturated rings. The Balaban J connectivity index is 2.69. The molecule has 0 bridgehead atoms. The van der Waals surface area contributed by atoms with Crippen molar-refractivity contribution in [1.29, 1.82) is 0 Å². The van der Waals surface area contributed by atoms with Crippen LogP contribution in [0, 0.1) is 0 Å². The lowest BCUT2D eigenvalue weighted by Gasteiger charge is -2.08. The van der Waals surface area contributed by atoms with Gasteiger partial charge < -0.3 is 5.32 Å². The Labute approximate surface area is 49.3 Å². The summed E-state index contributed by atoms with van der Waals surface area (Å²) in [6, 6.07) is 0. The standard InChI is InChI=1S/C6H10N2/c1-5-3-6(2)8-4-7-5/h3,7H,4H2,1-2H3. The van der Waals surface area contributed by atoms with E-state index in [4.69, 9.17) is 0 Å². The van der Waals surface area contributed by atoms with Crippen molar-refractivity contribution in [1.82, 2.24) is 5.32 Å². The molecular formula is C6H10N2. The van der Waals surface area contributed by atoms with Gasteiger partial charge in [-0.25, -0.2) is 0 Å². The Bertz CT molecular complexity index is 145. The average molecular weight is 110 g/mol. The van der Waals surface area contributed by atoms with Gasteiger partial charge in [-0.3, -0.25) is 4.99 Å². The molecule has 0 saturated carbocycles. The average Bonchev–Trinajstić information content (AvgIpc) is 1.64. The topological polar surface area (TPSA) is 24.4 Å². The van der Waals surface area contributed by atoms with Crippen molar-refractivity contribution in [3.05, 3.63) is 11.8 Å². The van der Waals surface area contributed by atoms with Crippen LogP contribution in [0.5, 0.6) is 0 Å². The summed E-state index contributed by atoms with van der Waals surface area (Å²) in [7, 11) is 0. The SMILES string of the molecule is CC1=CC(C)=NCN1. The van der Waals surface area contributed by atoms with Gasteiger partial charge in [-0.15, -0.1) is 0 Å². The minimum absolute atomic E-state index is 0.744. The molecule has 0 saturated heterocycles. The van der Waals surface area contributed by atoms with E-state index in [0.717, 1.165) is 12.4 Å². The predicted molar refractivity (Wildman–Crippen MR) is 34.9 cm³/mol. The van der Waals surface area contributed by atoms with Gasteiger partial charge in [0.15, 0.2) is 0 Å². The van der Waals surface area contributed by atoms with E-state index in [2.05, 4.69) is 10.3 Å². The fourth-order valence-corrected chi connectivity index (χ4v) is 0.699. The predicted octanol–water partition coefficient (Wildman–Crippen LogP) is 0.912. The molecule has 0 aliphatic carbocycles. The summed E-state index contributed by atoms with van der Waals surface area (Å²) in [6.45, 7) is 4.79. The second-order valence-electron chi connectivity index (χ2n) is 1.96. The summed E-state index contributed by atoms with van der Waals surface area (Å²) in [5, 5.41) is 3.09. The van der Waals surface area contributed by atoms with Gasteiger partial charge in [-0.05, 0) is 19.9 Å². The molecule has 0 aromatic carbocycles.